The van der Waals surface area contributed by atoms with Crippen molar-refractivity contribution < 1.29 is 18.0 Å². The van der Waals surface area contributed by atoms with Gasteiger partial charge in [-0.15, -0.1) is 0 Å². The van der Waals surface area contributed by atoms with E-state index >= 15 is 0 Å². The van der Waals surface area contributed by atoms with Gasteiger partial charge in [0.25, 0.3) is 10.0 Å². The lowest BCUT2D eigenvalue weighted by atomic mass is 10.1. The quantitative estimate of drug-likeness (QED) is 0.233. The number of amides is 2. The van der Waals surface area contributed by atoms with Gasteiger partial charge in [0.2, 0.25) is 11.8 Å². The van der Waals surface area contributed by atoms with Gasteiger partial charge in [-0.1, -0.05) is 84.4 Å². The van der Waals surface area contributed by atoms with Gasteiger partial charge in [-0.25, -0.2) is 8.42 Å². The highest BCUT2D eigenvalue weighted by atomic mass is 35.5. The first-order valence-electron chi connectivity index (χ1n) is 14.3. The van der Waals surface area contributed by atoms with Gasteiger partial charge in [-0.05, 0) is 75.1 Å². The number of rotatable bonds is 11. The number of carbonyl (C=O) groups excluding carboxylic acids is 2. The van der Waals surface area contributed by atoms with Crippen LogP contribution in [0, 0.1) is 13.8 Å². The molecule has 3 aromatic rings. The van der Waals surface area contributed by atoms with E-state index in [1.54, 1.807) is 49.4 Å². The number of carbonyl (C=O) groups is 2. The topological polar surface area (TPSA) is 86.8 Å². The Labute approximate surface area is 269 Å². The minimum absolute atomic E-state index is 0.0250. The molecule has 1 aliphatic carbocycles. The fraction of sp³-hybridized carbons (Fsp3) is 0.375. The van der Waals surface area contributed by atoms with Crippen LogP contribution >= 0.6 is 34.8 Å². The molecule has 0 spiro atoms. The highest BCUT2D eigenvalue weighted by molar-refractivity contribution is 7.92. The Morgan fingerprint density at radius 1 is 0.953 bits per heavy atom. The lowest BCUT2D eigenvalue weighted by molar-refractivity contribution is -0.140. The smallest absolute Gasteiger partial charge is 0.264 e. The third-order valence-electron chi connectivity index (χ3n) is 7.81. The van der Waals surface area contributed by atoms with E-state index in [0.29, 0.717) is 32.6 Å². The summed E-state index contributed by atoms with van der Waals surface area (Å²) in [5.41, 5.74) is 2.24. The molecule has 0 bridgehead atoms. The molecule has 0 aromatic heterocycles. The van der Waals surface area contributed by atoms with Gasteiger partial charge < -0.3 is 10.2 Å². The van der Waals surface area contributed by atoms with Crippen LogP contribution in [0.1, 0.15) is 55.7 Å². The van der Waals surface area contributed by atoms with Crippen molar-refractivity contribution in [1.82, 2.24) is 10.2 Å². The van der Waals surface area contributed by atoms with Crippen molar-refractivity contribution in [1.29, 1.82) is 0 Å². The zero-order chi connectivity index (χ0) is 31.3. The molecule has 11 heteroatoms. The van der Waals surface area contributed by atoms with E-state index in [2.05, 4.69) is 5.32 Å². The fourth-order valence-electron chi connectivity index (χ4n) is 5.34. The van der Waals surface area contributed by atoms with E-state index in [4.69, 9.17) is 34.8 Å². The predicted molar refractivity (Wildman–Crippen MR) is 173 cm³/mol. The molecule has 2 amide bonds. The molecule has 0 radical (unpaired) electrons. The van der Waals surface area contributed by atoms with Crippen molar-refractivity contribution in [3.05, 3.63) is 92.4 Å². The lowest BCUT2D eigenvalue weighted by Crippen LogP contribution is -2.53. The van der Waals surface area contributed by atoms with Crippen molar-refractivity contribution in [3.8, 4) is 0 Å². The number of hydrogen-bond acceptors (Lipinski definition) is 4. The number of benzene rings is 3. The number of aryl methyl sites for hydroxylation is 2. The molecule has 1 aliphatic rings. The second kappa shape index (κ2) is 14.3. The molecule has 0 unspecified atom stereocenters. The van der Waals surface area contributed by atoms with Crippen LogP contribution in [0.25, 0.3) is 0 Å². The highest BCUT2D eigenvalue weighted by Gasteiger charge is 2.35. The summed E-state index contributed by atoms with van der Waals surface area (Å²) in [6, 6.07) is 15.5. The lowest BCUT2D eigenvalue weighted by Gasteiger charge is -2.34. The van der Waals surface area contributed by atoms with Crippen LogP contribution in [0.5, 0.6) is 0 Å². The number of sulfonamides is 1. The van der Waals surface area contributed by atoms with Gasteiger partial charge in [0.05, 0.1) is 10.6 Å². The molecule has 0 heterocycles. The average molecular weight is 665 g/mol. The minimum Gasteiger partial charge on any atom is -0.352 e. The molecule has 1 N–H and O–H groups in total. The van der Waals surface area contributed by atoms with Gasteiger partial charge in [0.1, 0.15) is 12.6 Å². The first-order valence-corrected chi connectivity index (χ1v) is 16.9. The van der Waals surface area contributed by atoms with Crippen LogP contribution in [0.3, 0.4) is 0 Å². The molecule has 1 saturated carbocycles. The first kappa shape index (κ1) is 33.1. The molecule has 0 aliphatic heterocycles. The number of halogens is 3. The molecule has 0 saturated heterocycles. The molecular weight excluding hydrogens is 629 g/mol. The molecule has 43 heavy (non-hydrogen) atoms. The molecule has 3 aromatic carbocycles. The van der Waals surface area contributed by atoms with E-state index < -0.39 is 28.5 Å². The number of hydrogen-bond donors (Lipinski definition) is 1. The average Bonchev–Trinajstić information content (AvgIpc) is 3.47. The fourth-order valence-corrected chi connectivity index (χ4v) is 7.50. The second-order valence-electron chi connectivity index (χ2n) is 10.9. The SMILES string of the molecule is CC[C@H](C(=O)NC1CCCC1)N(Cc1c(Cl)cccc1Cl)C(=O)CN(c1cc(Cl)ccc1C)S(=O)(=O)c1ccc(C)cc1. The third-order valence-corrected chi connectivity index (χ3v) is 10.5. The predicted octanol–water partition coefficient (Wildman–Crippen LogP) is 7.33. The highest BCUT2D eigenvalue weighted by Crippen LogP contribution is 2.31. The van der Waals surface area contributed by atoms with E-state index in [0.717, 1.165) is 35.6 Å². The van der Waals surface area contributed by atoms with Gasteiger partial charge >= 0.3 is 0 Å². The largest absolute Gasteiger partial charge is 0.352 e. The van der Waals surface area contributed by atoms with Crippen LogP contribution in [0.2, 0.25) is 15.1 Å². The van der Waals surface area contributed by atoms with Gasteiger partial charge in [0.15, 0.2) is 0 Å². The summed E-state index contributed by atoms with van der Waals surface area (Å²) >= 11 is 19.3. The first-order chi connectivity index (χ1) is 20.4. The number of anilines is 1. The van der Waals surface area contributed by atoms with Gasteiger partial charge in [0, 0.05) is 33.2 Å². The zero-order valence-electron chi connectivity index (χ0n) is 24.4. The summed E-state index contributed by atoms with van der Waals surface area (Å²) in [6.45, 7) is 4.76. The second-order valence-corrected chi connectivity index (χ2v) is 14.0. The van der Waals surface area contributed by atoms with Crippen molar-refractivity contribution >= 4 is 62.3 Å². The summed E-state index contributed by atoms with van der Waals surface area (Å²) in [5.74, 6) is -0.878. The summed E-state index contributed by atoms with van der Waals surface area (Å²) in [4.78, 5) is 29.4. The van der Waals surface area contributed by atoms with Crippen LogP contribution in [-0.2, 0) is 26.2 Å². The van der Waals surface area contributed by atoms with E-state index in [9.17, 15) is 18.0 Å². The minimum atomic E-state index is -4.22. The van der Waals surface area contributed by atoms with Gasteiger partial charge in [-0.3, -0.25) is 13.9 Å². The van der Waals surface area contributed by atoms with Crippen LogP contribution in [0.4, 0.5) is 5.69 Å². The Kier molecular flexibility index (Phi) is 11.0. The zero-order valence-corrected chi connectivity index (χ0v) is 27.5. The Morgan fingerprint density at radius 2 is 1.58 bits per heavy atom. The number of nitrogens with one attached hydrogen (secondary N) is 1. The molecule has 4 rings (SSSR count). The van der Waals surface area contributed by atoms with Crippen LogP contribution in [0.15, 0.2) is 65.6 Å². The maximum absolute atomic E-state index is 14.3. The van der Waals surface area contributed by atoms with Gasteiger partial charge in [-0.2, -0.15) is 0 Å². The summed E-state index contributed by atoms with van der Waals surface area (Å²) in [7, 11) is -4.22. The van der Waals surface area contributed by atoms with Crippen molar-refractivity contribution in [2.24, 2.45) is 0 Å². The summed E-state index contributed by atoms with van der Waals surface area (Å²) in [5, 5.41) is 4.09. The monoisotopic (exact) mass is 663 g/mol. The van der Waals surface area contributed by atoms with Crippen molar-refractivity contribution in [2.75, 3.05) is 10.8 Å². The molecule has 230 valence electrons. The molecule has 1 atom stereocenters. The maximum Gasteiger partial charge on any atom is 0.264 e. The Balaban J connectivity index is 1.78. The molecule has 7 nitrogen and oxygen atoms in total. The van der Waals surface area contributed by atoms with E-state index in [-0.39, 0.29) is 29.1 Å². The molecule has 1 fully saturated rings. The van der Waals surface area contributed by atoms with Crippen LogP contribution in [-0.4, -0.2) is 43.8 Å². The maximum atomic E-state index is 14.3. The number of nitrogens with zero attached hydrogens (tertiary/aromatic N) is 2. The summed E-state index contributed by atoms with van der Waals surface area (Å²) in [6.07, 6.45) is 4.12. The van der Waals surface area contributed by atoms with Crippen LogP contribution < -0.4 is 9.62 Å². The van der Waals surface area contributed by atoms with E-state index in [1.165, 1.54) is 23.1 Å². The Hall–Kier alpha value is -2.78. The standard InChI is InChI=1S/C32H36Cl3N3O4S/c1-4-29(32(40)36-24-8-5-6-9-24)37(19-26-27(34)10-7-11-28(26)35)31(39)20-38(30-18-23(33)15-14-22(30)3)43(41,42)25-16-12-21(2)13-17-25/h7,10-18,24,29H,4-6,8-9,19-20H2,1-3H3,(H,36,40)/t29-/m1/s1. The summed E-state index contributed by atoms with van der Waals surface area (Å²) < 4.78 is 29.3. The molecular formula is C32H36Cl3N3O4S. The third kappa shape index (κ3) is 7.85. The van der Waals surface area contributed by atoms with E-state index in [1.807, 2.05) is 13.8 Å². The van der Waals surface area contributed by atoms with Crippen molar-refractivity contribution in [3.63, 3.8) is 0 Å². The Bertz CT molecular complexity index is 1550. The Morgan fingerprint density at radius 3 is 2.19 bits per heavy atom. The normalized spacial score (nSPS) is 14.4. The van der Waals surface area contributed by atoms with Crippen molar-refractivity contribution in [2.45, 2.75) is 76.4 Å².